The van der Waals surface area contributed by atoms with Gasteiger partial charge in [0.05, 0.1) is 6.10 Å². The monoisotopic (exact) mass is 283 g/mol. The lowest BCUT2D eigenvalue weighted by molar-refractivity contribution is 0.0636. The molecule has 1 aromatic carbocycles. The molecule has 1 atom stereocenters. The number of aliphatic hydroxyl groups excluding tert-OH is 1. The summed E-state index contributed by atoms with van der Waals surface area (Å²) < 4.78 is 18.7. The zero-order chi connectivity index (χ0) is 15.3. The van der Waals surface area contributed by atoms with Crippen LogP contribution in [0.25, 0.3) is 0 Å². The second-order valence-electron chi connectivity index (χ2n) is 5.82. The molecule has 0 bridgehead atoms. The number of nitrogens with one attached hydrogen (secondary N) is 1. The zero-order valence-electron chi connectivity index (χ0n) is 12.4. The van der Waals surface area contributed by atoms with E-state index in [9.17, 15) is 14.3 Å². The molecule has 0 aliphatic heterocycles. The summed E-state index contributed by atoms with van der Waals surface area (Å²) in [5, 5.41) is 11.8. The second kappa shape index (κ2) is 6.70. The van der Waals surface area contributed by atoms with Gasteiger partial charge in [0.2, 0.25) is 0 Å². The van der Waals surface area contributed by atoms with E-state index < -0.39 is 17.8 Å². The van der Waals surface area contributed by atoms with E-state index in [0.29, 0.717) is 24.1 Å². The number of hydrogen-bond acceptors (Lipinski definition) is 3. The van der Waals surface area contributed by atoms with E-state index in [1.807, 2.05) is 0 Å². The number of aryl methyl sites for hydroxylation is 1. The van der Waals surface area contributed by atoms with E-state index in [2.05, 4.69) is 5.32 Å². The highest BCUT2D eigenvalue weighted by molar-refractivity contribution is 5.84. The Balaban J connectivity index is 2.72. The first-order valence-electron chi connectivity index (χ1n) is 6.64. The molecule has 0 heterocycles. The average Bonchev–Trinajstić information content (AvgIpc) is 2.27. The molecule has 4 nitrogen and oxygen atoms in total. The van der Waals surface area contributed by atoms with Crippen LogP contribution in [0.1, 0.15) is 39.7 Å². The quantitative estimate of drug-likeness (QED) is 0.889. The van der Waals surface area contributed by atoms with Gasteiger partial charge in [0.25, 0.3) is 0 Å². The van der Waals surface area contributed by atoms with Crippen molar-refractivity contribution in [3.05, 3.63) is 29.6 Å². The molecule has 0 aliphatic carbocycles. The average molecular weight is 283 g/mol. The number of carbonyl (C=O) groups excluding carboxylic acids is 1. The Labute approximate surface area is 119 Å². The normalized spacial score (nSPS) is 12.9. The number of rotatable bonds is 4. The molecule has 0 aliphatic rings. The summed E-state index contributed by atoms with van der Waals surface area (Å²) in [5.41, 5.74) is 0.347. The summed E-state index contributed by atoms with van der Waals surface area (Å²) in [7, 11) is 0. The molecule has 1 amide bonds. The second-order valence-corrected chi connectivity index (χ2v) is 5.82. The molecule has 1 unspecified atom stereocenters. The topological polar surface area (TPSA) is 58.6 Å². The number of ether oxygens (including phenoxy) is 1. The summed E-state index contributed by atoms with van der Waals surface area (Å²) in [5.74, 6) is -0.347. The van der Waals surface area contributed by atoms with Crippen molar-refractivity contribution in [2.24, 2.45) is 0 Å². The van der Waals surface area contributed by atoms with Gasteiger partial charge >= 0.3 is 6.09 Å². The van der Waals surface area contributed by atoms with E-state index >= 15 is 0 Å². The van der Waals surface area contributed by atoms with E-state index in [1.165, 1.54) is 12.1 Å². The maximum Gasteiger partial charge on any atom is 0.412 e. The SMILES string of the molecule is CC(O)CCc1cc(NC(=O)OC(C)(C)C)ccc1F. The Morgan fingerprint density at radius 1 is 1.45 bits per heavy atom. The van der Waals surface area contributed by atoms with Crippen molar-refractivity contribution >= 4 is 11.8 Å². The molecule has 0 radical (unpaired) electrons. The number of anilines is 1. The third kappa shape index (κ3) is 6.02. The largest absolute Gasteiger partial charge is 0.444 e. The van der Waals surface area contributed by atoms with Gasteiger partial charge in [0.1, 0.15) is 11.4 Å². The maximum atomic E-state index is 13.6. The zero-order valence-corrected chi connectivity index (χ0v) is 12.4. The van der Waals surface area contributed by atoms with Gasteiger partial charge in [-0.2, -0.15) is 0 Å². The van der Waals surface area contributed by atoms with Crippen LogP contribution in [0.15, 0.2) is 18.2 Å². The van der Waals surface area contributed by atoms with Crippen LogP contribution in [0.2, 0.25) is 0 Å². The molecule has 20 heavy (non-hydrogen) atoms. The lowest BCUT2D eigenvalue weighted by Gasteiger charge is -2.19. The number of amides is 1. The van der Waals surface area contributed by atoms with Crippen molar-refractivity contribution < 1.29 is 19.0 Å². The fourth-order valence-corrected chi connectivity index (χ4v) is 1.63. The van der Waals surface area contributed by atoms with Crippen molar-refractivity contribution in [2.75, 3.05) is 5.32 Å². The third-order valence-electron chi connectivity index (χ3n) is 2.52. The Morgan fingerprint density at radius 3 is 2.65 bits per heavy atom. The highest BCUT2D eigenvalue weighted by atomic mass is 19.1. The van der Waals surface area contributed by atoms with Crippen molar-refractivity contribution in [1.29, 1.82) is 0 Å². The van der Waals surface area contributed by atoms with Crippen molar-refractivity contribution in [2.45, 2.75) is 52.2 Å². The summed E-state index contributed by atoms with van der Waals surface area (Å²) in [6.45, 7) is 6.96. The van der Waals surface area contributed by atoms with Gasteiger partial charge in [0, 0.05) is 5.69 Å². The van der Waals surface area contributed by atoms with Crippen LogP contribution < -0.4 is 5.32 Å². The summed E-state index contributed by atoms with van der Waals surface area (Å²) >= 11 is 0. The minimum Gasteiger partial charge on any atom is -0.444 e. The molecular formula is C15H22FNO3. The van der Waals surface area contributed by atoms with Gasteiger partial charge in [-0.1, -0.05) is 0 Å². The van der Waals surface area contributed by atoms with Crippen LogP contribution in [0.4, 0.5) is 14.9 Å². The first-order chi connectivity index (χ1) is 9.17. The molecule has 0 aromatic heterocycles. The maximum absolute atomic E-state index is 13.6. The summed E-state index contributed by atoms with van der Waals surface area (Å²) in [4.78, 5) is 11.6. The standard InChI is InChI=1S/C15H22FNO3/c1-10(18)5-6-11-9-12(7-8-13(11)16)17-14(19)20-15(2,3)4/h7-10,18H,5-6H2,1-4H3,(H,17,19). The van der Waals surface area contributed by atoms with Gasteiger partial charge in [-0.25, -0.2) is 9.18 Å². The predicted octanol–water partition coefficient (Wildman–Crippen LogP) is 3.49. The van der Waals surface area contributed by atoms with Gasteiger partial charge in [-0.3, -0.25) is 5.32 Å². The van der Waals surface area contributed by atoms with E-state index in [1.54, 1.807) is 33.8 Å². The van der Waals surface area contributed by atoms with E-state index in [0.717, 1.165) is 0 Å². The molecule has 1 aromatic rings. The molecule has 2 N–H and O–H groups in total. The highest BCUT2D eigenvalue weighted by Gasteiger charge is 2.16. The Kier molecular flexibility index (Phi) is 5.51. The van der Waals surface area contributed by atoms with Crippen LogP contribution >= 0.6 is 0 Å². The molecule has 5 heteroatoms. The summed E-state index contributed by atoms with van der Waals surface area (Å²) in [6, 6.07) is 4.33. The van der Waals surface area contributed by atoms with Crippen molar-refractivity contribution in [1.82, 2.24) is 0 Å². The van der Waals surface area contributed by atoms with Crippen LogP contribution in [0.5, 0.6) is 0 Å². The fraction of sp³-hybridized carbons (Fsp3) is 0.533. The predicted molar refractivity (Wildman–Crippen MR) is 76.3 cm³/mol. The molecule has 0 spiro atoms. The van der Waals surface area contributed by atoms with Crippen LogP contribution in [-0.4, -0.2) is 22.9 Å². The van der Waals surface area contributed by atoms with Gasteiger partial charge in [-0.15, -0.1) is 0 Å². The molecular weight excluding hydrogens is 261 g/mol. The van der Waals surface area contributed by atoms with Crippen LogP contribution in [-0.2, 0) is 11.2 Å². The third-order valence-corrected chi connectivity index (χ3v) is 2.52. The lowest BCUT2D eigenvalue weighted by Crippen LogP contribution is -2.27. The number of halogens is 1. The minimum atomic E-state index is -0.584. The van der Waals surface area contributed by atoms with Gasteiger partial charge in [-0.05, 0) is 64.3 Å². The Hall–Kier alpha value is -1.62. The molecule has 0 saturated heterocycles. The highest BCUT2D eigenvalue weighted by Crippen LogP contribution is 2.18. The minimum absolute atomic E-state index is 0.347. The molecule has 1 rings (SSSR count). The molecule has 112 valence electrons. The fourth-order valence-electron chi connectivity index (χ4n) is 1.63. The number of aliphatic hydroxyl groups is 1. The number of benzene rings is 1. The number of carbonyl (C=O) groups is 1. The number of hydrogen-bond donors (Lipinski definition) is 2. The van der Waals surface area contributed by atoms with Crippen LogP contribution in [0, 0.1) is 5.82 Å². The smallest absolute Gasteiger partial charge is 0.412 e. The molecule has 0 fully saturated rings. The summed E-state index contributed by atoms with van der Waals surface area (Å²) in [6.07, 6.45) is -0.192. The Morgan fingerprint density at radius 2 is 2.10 bits per heavy atom. The van der Waals surface area contributed by atoms with Gasteiger partial charge < -0.3 is 9.84 Å². The van der Waals surface area contributed by atoms with E-state index in [-0.39, 0.29) is 5.82 Å². The van der Waals surface area contributed by atoms with E-state index in [4.69, 9.17) is 4.74 Å². The van der Waals surface area contributed by atoms with Crippen LogP contribution in [0.3, 0.4) is 0 Å². The van der Waals surface area contributed by atoms with Crippen molar-refractivity contribution in [3.8, 4) is 0 Å². The first-order valence-corrected chi connectivity index (χ1v) is 6.64. The first kappa shape index (κ1) is 16.4. The molecule has 0 saturated carbocycles. The lowest BCUT2D eigenvalue weighted by atomic mass is 10.1. The van der Waals surface area contributed by atoms with Gasteiger partial charge in [0.15, 0.2) is 0 Å². The Bertz CT molecular complexity index is 467. The van der Waals surface area contributed by atoms with Crippen molar-refractivity contribution in [3.63, 3.8) is 0 Å².